The Kier molecular flexibility index (Phi) is 5.62. The second kappa shape index (κ2) is 7.25. The third-order valence-corrected chi connectivity index (χ3v) is 4.61. The zero-order chi connectivity index (χ0) is 15.4. The highest BCUT2D eigenvalue weighted by molar-refractivity contribution is 6.28. The Hall–Kier alpha value is -1.10. The molecule has 2 rings (SSSR count). The van der Waals surface area contributed by atoms with Gasteiger partial charge in [0.15, 0.2) is 0 Å². The normalized spacial score (nSPS) is 25.7. The molecule has 1 aliphatic rings. The van der Waals surface area contributed by atoms with Crippen LogP contribution in [0, 0.1) is 11.8 Å². The van der Waals surface area contributed by atoms with Crippen LogP contribution in [0.3, 0.4) is 0 Å². The number of ether oxygens (including phenoxy) is 1. The largest absolute Gasteiger partial charge is 0.460 e. The molecule has 0 N–H and O–H groups in total. The minimum Gasteiger partial charge on any atom is -0.460 e. The van der Waals surface area contributed by atoms with E-state index >= 15 is 0 Å². The van der Waals surface area contributed by atoms with Crippen molar-refractivity contribution in [2.45, 2.75) is 53.1 Å². The standard InChI is InChI=1S/C15H25ClN4O/c1-5-20(6-2)14-17-13(16)18-15(19-14)21-12-8-7-10(3)11(4)9-12/h10-12H,5-9H2,1-4H3. The van der Waals surface area contributed by atoms with E-state index in [1.165, 1.54) is 6.42 Å². The average Bonchev–Trinajstić information content (AvgIpc) is 2.44. The molecule has 21 heavy (non-hydrogen) atoms. The molecule has 0 aliphatic heterocycles. The van der Waals surface area contributed by atoms with E-state index in [4.69, 9.17) is 16.3 Å². The van der Waals surface area contributed by atoms with Crippen LogP contribution in [-0.4, -0.2) is 34.1 Å². The van der Waals surface area contributed by atoms with Crippen LogP contribution in [0.5, 0.6) is 6.01 Å². The van der Waals surface area contributed by atoms with Crippen molar-refractivity contribution in [3.63, 3.8) is 0 Å². The second-order valence-corrected chi connectivity index (χ2v) is 6.20. The van der Waals surface area contributed by atoms with E-state index in [0.717, 1.165) is 31.8 Å². The molecule has 118 valence electrons. The highest BCUT2D eigenvalue weighted by Gasteiger charge is 2.26. The van der Waals surface area contributed by atoms with Gasteiger partial charge in [0.2, 0.25) is 11.2 Å². The lowest BCUT2D eigenvalue weighted by atomic mass is 9.80. The molecule has 0 bridgehead atoms. The van der Waals surface area contributed by atoms with E-state index in [-0.39, 0.29) is 11.4 Å². The highest BCUT2D eigenvalue weighted by atomic mass is 35.5. The molecule has 1 aromatic heterocycles. The summed E-state index contributed by atoms with van der Waals surface area (Å²) in [5.74, 6) is 2.02. The van der Waals surface area contributed by atoms with E-state index in [9.17, 15) is 0 Å². The van der Waals surface area contributed by atoms with Crippen LogP contribution in [0.2, 0.25) is 5.28 Å². The zero-order valence-corrected chi connectivity index (χ0v) is 14.1. The summed E-state index contributed by atoms with van der Waals surface area (Å²) in [6.45, 7) is 10.4. The number of hydrogen-bond acceptors (Lipinski definition) is 5. The quantitative estimate of drug-likeness (QED) is 0.832. The molecule has 5 nitrogen and oxygen atoms in total. The molecule has 0 spiro atoms. The van der Waals surface area contributed by atoms with Crippen LogP contribution in [0.15, 0.2) is 0 Å². The van der Waals surface area contributed by atoms with Gasteiger partial charge in [0.25, 0.3) is 0 Å². The molecule has 3 unspecified atom stereocenters. The maximum atomic E-state index is 6.01. The topological polar surface area (TPSA) is 51.1 Å². The summed E-state index contributed by atoms with van der Waals surface area (Å²) in [4.78, 5) is 14.7. The lowest BCUT2D eigenvalue weighted by Crippen LogP contribution is -2.30. The van der Waals surface area contributed by atoms with Crippen LogP contribution in [-0.2, 0) is 0 Å². The minimum absolute atomic E-state index is 0.180. The van der Waals surface area contributed by atoms with Gasteiger partial charge in [0.05, 0.1) is 0 Å². The fraction of sp³-hybridized carbons (Fsp3) is 0.800. The Morgan fingerprint density at radius 1 is 1.10 bits per heavy atom. The van der Waals surface area contributed by atoms with Gasteiger partial charge in [-0.2, -0.15) is 15.0 Å². The molecule has 6 heteroatoms. The molecular formula is C15H25ClN4O. The third-order valence-electron chi connectivity index (χ3n) is 4.44. The van der Waals surface area contributed by atoms with Crippen molar-refractivity contribution in [3.05, 3.63) is 5.28 Å². The van der Waals surface area contributed by atoms with Crippen molar-refractivity contribution in [3.8, 4) is 6.01 Å². The van der Waals surface area contributed by atoms with Crippen molar-refractivity contribution < 1.29 is 4.74 Å². The fourth-order valence-corrected chi connectivity index (χ4v) is 2.92. The first kappa shape index (κ1) is 16.3. The minimum atomic E-state index is 0.180. The van der Waals surface area contributed by atoms with E-state index in [1.807, 2.05) is 4.90 Å². The zero-order valence-electron chi connectivity index (χ0n) is 13.3. The molecule has 3 atom stereocenters. The summed E-state index contributed by atoms with van der Waals surface area (Å²) < 4.78 is 5.96. The van der Waals surface area contributed by atoms with Gasteiger partial charge < -0.3 is 9.64 Å². The summed E-state index contributed by atoms with van der Waals surface area (Å²) in [6, 6.07) is 0.351. The molecule has 1 aliphatic carbocycles. The first-order valence-electron chi connectivity index (χ1n) is 7.86. The Labute approximate surface area is 132 Å². The Morgan fingerprint density at radius 2 is 1.81 bits per heavy atom. The summed E-state index contributed by atoms with van der Waals surface area (Å²) in [5.41, 5.74) is 0. The lowest BCUT2D eigenvalue weighted by molar-refractivity contribution is 0.0918. The average molecular weight is 313 g/mol. The van der Waals surface area contributed by atoms with E-state index < -0.39 is 0 Å². The molecule has 1 fully saturated rings. The maximum Gasteiger partial charge on any atom is 0.322 e. The van der Waals surface area contributed by atoms with Crippen molar-refractivity contribution in [2.24, 2.45) is 11.8 Å². The number of rotatable bonds is 5. The van der Waals surface area contributed by atoms with E-state index in [0.29, 0.717) is 17.9 Å². The first-order valence-corrected chi connectivity index (χ1v) is 8.24. The van der Waals surface area contributed by atoms with Gasteiger partial charge in [-0.1, -0.05) is 13.8 Å². The van der Waals surface area contributed by atoms with Crippen LogP contribution in [0.4, 0.5) is 5.95 Å². The van der Waals surface area contributed by atoms with Crippen molar-refractivity contribution in [1.29, 1.82) is 0 Å². The van der Waals surface area contributed by atoms with Crippen LogP contribution < -0.4 is 9.64 Å². The van der Waals surface area contributed by atoms with E-state index in [1.54, 1.807) is 0 Å². The predicted molar refractivity (Wildman–Crippen MR) is 85.0 cm³/mol. The molecule has 1 saturated carbocycles. The highest BCUT2D eigenvalue weighted by Crippen LogP contribution is 2.31. The Morgan fingerprint density at radius 3 is 2.43 bits per heavy atom. The number of hydrogen-bond donors (Lipinski definition) is 0. The molecule has 1 aromatic rings. The summed E-state index contributed by atoms with van der Waals surface area (Å²) in [7, 11) is 0. The van der Waals surface area contributed by atoms with Crippen molar-refractivity contribution in [2.75, 3.05) is 18.0 Å². The Balaban J connectivity index is 2.09. The van der Waals surface area contributed by atoms with Gasteiger partial charge >= 0.3 is 6.01 Å². The van der Waals surface area contributed by atoms with Gasteiger partial charge in [-0.3, -0.25) is 0 Å². The van der Waals surface area contributed by atoms with Gasteiger partial charge in [-0.05, 0) is 56.5 Å². The first-order chi connectivity index (χ1) is 10.0. The molecule has 1 heterocycles. The summed E-state index contributed by atoms with van der Waals surface area (Å²) >= 11 is 6.01. The van der Waals surface area contributed by atoms with Gasteiger partial charge in [0.1, 0.15) is 6.10 Å². The SMILES string of the molecule is CCN(CC)c1nc(Cl)nc(OC2CCC(C)C(C)C2)n1. The molecule has 0 radical (unpaired) electrons. The predicted octanol–water partition coefficient (Wildman–Crippen LogP) is 3.57. The third kappa shape index (κ3) is 4.19. The number of aromatic nitrogens is 3. The van der Waals surface area contributed by atoms with Crippen molar-refractivity contribution >= 4 is 17.5 Å². The monoisotopic (exact) mass is 312 g/mol. The van der Waals surface area contributed by atoms with Gasteiger partial charge in [-0.15, -0.1) is 0 Å². The molecule has 0 amide bonds. The van der Waals surface area contributed by atoms with Gasteiger partial charge in [0, 0.05) is 13.1 Å². The molecule has 0 saturated heterocycles. The van der Waals surface area contributed by atoms with Crippen LogP contribution in [0.1, 0.15) is 47.0 Å². The van der Waals surface area contributed by atoms with Crippen molar-refractivity contribution in [1.82, 2.24) is 15.0 Å². The smallest absolute Gasteiger partial charge is 0.322 e. The van der Waals surface area contributed by atoms with Crippen LogP contribution >= 0.6 is 11.6 Å². The lowest BCUT2D eigenvalue weighted by Gasteiger charge is -2.31. The summed E-state index contributed by atoms with van der Waals surface area (Å²) in [5, 5.41) is 0.194. The van der Waals surface area contributed by atoms with Crippen LogP contribution in [0.25, 0.3) is 0 Å². The second-order valence-electron chi connectivity index (χ2n) is 5.87. The number of anilines is 1. The van der Waals surface area contributed by atoms with Gasteiger partial charge in [-0.25, -0.2) is 0 Å². The molecule has 0 aromatic carbocycles. The fourth-order valence-electron chi connectivity index (χ4n) is 2.78. The number of nitrogens with zero attached hydrogens (tertiary/aromatic N) is 4. The maximum absolute atomic E-state index is 6.01. The number of halogens is 1. The summed E-state index contributed by atoms with van der Waals surface area (Å²) in [6.07, 6.45) is 3.47. The molecular weight excluding hydrogens is 288 g/mol. The Bertz CT molecular complexity index is 467. The van der Waals surface area contributed by atoms with E-state index in [2.05, 4.69) is 42.6 Å².